The molecule has 100 valence electrons. The number of aliphatic hydroxyl groups excluding tert-OH is 1. The summed E-state index contributed by atoms with van der Waals surface area (Å²) in [6.45, 7) is 4.70. The Morgan fingerprint density at radius 2 is 1.89 bits per heavy atom. The minimum absolute atomic E-state index is 0.0793. The lowest BCUT2D eigenvalue weighted by molar-refractivity contribution is 0.282. The van der Waals surface area contributed by atoms with Crippen LogP contribution < -0.4 is 4.72 Å². The average Bonchev–Trinajstić information content (AvgIpc) is 2.95. The first-order valence-corrected chi connectivity index (χ1v) is 7.53. The van der Waals surface area contributed by atoms with E-state index in [1.807, 2.05) is 0 Å². The van der Waals surface area contributed by atoms with Crippen molar-refractivity contribution in [3.8, 4) is 0 Å². The van der Waals surface area contributed by atoms with Crippen LogP contribution in [0.15, 0.2) is 29.2 Å². The van der Waals surface area contributed by atoms with Gasteiger partial charge < -0.3 is 5.11 Å². The lowest BCUT2D eigenvalue weighted by Gasteiger charge is -2.08. The van der Waals surface area contributed by atoms with Gasteiger partial charge in [-0.25, -0.2) is 13.1 Å². The first-order chi connectivity index (χ1) is 8.35. The summed E-state index contributed by atoms with van der Waals surface area (Å²) in [6.07, 6.45) is 1.07. The van der Waals surface area contributed by atoms with E-state index in [-0.39, 0.29) is 16.9 Å². The van der Waals surface area contributed by atoms with Crippen LogP contribution in [0.4, 0.5) is 0 Å². The van der Waals surface area contributed by atoms with Crippen molar-refractivity contribution in [1.82, 2.24) is 4.72 Å². The quantitative estimate of drug-likeness (QED) is 0.851. The highest BCUT2D eigenvalue weighted by atomic mass is 32.2. The van der Waals surface area contributed by atoms with Gasteiger partial charge in [0.25, 0.3) is 0 Å². The van der Waals surface area contributed by atoms with Crippen LogP contribution >= 0.6 is 0 Å². The molecule has 2 rings (SSSR count). The van der Waals surface area contributed by atoms with Gasteiger partial charge in [0.2, 0.25) is 10.0 Å². The Kier molecular flexibility index (Phi) is 3.49. The molecule has 5 heteroatoms. The highest BCUT2D eigenvalue weighted by Gasteiger charge is 2.45. The predicted molar refractivity (Wildman–Crippen MR) is 69.4 cm³/mol. The van der Waals surface area contributed by atoms with Gasteiger partial charge in [0.1, 0.15) is 0 Å². The lowest BCUT2D eigenvalue weighted by Crippen LogP contribution is -2.26. The van der Waals surface area contributed by atoms with Gasteiger partial charge in [-0.3, -0.25) is 0 Å². The van der Waals surface area contributed by atoms with Gasteiger partial charge in [0.15, 0.2) is 0 Å². The Hall–Kier alpha value is -0.910. The first kappa shape index (κ1) is 13.5. The molecule has 0 spiro atoms. The van der Waals surface area contributed by atoms with Gasteiger partial charge in [-0.2, -0.15) is 0 Å². The van der Waals surface area contributed by atoms with Crippen molar-refractivity contribution in [2.75, 3.05) is 6.54 Å². The molecule has 4 nitrogen and oxygen atoms in total. The van der Waals surface area contributed by atoms with E-state index in [9.17, 15) is 8.42 Å². The van der Waals surface area contributed by atoms with Crippen molar-refractivity contribution >= 4 is 10.0 Å². The molecule has 1 unspecified atom stereocenters. The van der Waals surface area contributed by atoms with Crippen molar-refractivity contribution in [2.24, 2.45) is 11.3 Å². The van der Waals surface area contributed by atoms with Gasteiger partial charge in [-0.1, -0.05) is 26.0 Å². The Balaban J connectivity index is 2.01. The second-order valence-corrected chi connectivity index (χ2v) is 7.31. The summed E-state index contributed by atoms with van der Waals surface area (Å²) in [7, 11) is -3.42. The van der Waals surface area contributed by atoms with E-state index in [1.165, 1.54) is 12.1 Å². The second kappa shape index (κ2) is 4.64. The van der Waals surface area contributed by atoms with Crippen molar-refractivity contribution < 1.29 is 13.5 Å². The highest BCUT2D eigenvalue weighted by Crippen LogP contribution is 2.51. The van der Waals surface area contributed by atoms with Crippen LogP contribution in [-0.4, -0.2) is 20.1 Å². The van der Waals surface area contributed by atoms with Crippen LogP contribution in [0.25, 0.3) is 0 Å². The SMILES string of the molecule is CC1(C)CC1CNS(=O)(=O)c1ccc(CO)cc1. The number of sulfonamides is 1. The summed E-state index contributed by atoms with van der Waals surface area (Å²) in [5.74, 6) is 0.434. The number of benzene rings is 1. The van der Waals surface area contributed by atoms with Crippen LogP contribution in [-0.2, 0) is 16.6 Å². The van der Waals surface area contributed by atoms with E-state index in [0.717, 1.165) is 6.42 Å². The summed E-state index contributed by atoms with van der Waals surface area (Å²) in [5.41, 5.74) is 0.973. The summed E-state index contributed by atoms with van der Waals surface area (Å²) in [4.78, 5) is 0.248. The predicted octanol–water partition coefficient (Wildman–Crippen LogP) is 1.50. The van der Waals surface area contributed by atoms with Gasteiger partial charge in [-0.05, 0) is 35.4 Å². The molecule has 0 radical (unpaired) electrons. The molecule has 1 atom stereocenters. The van der Waals surface area contributed by atoms with Crippen molar-refractivity contribution in [1.29, 1.82) is 0 Å². The normalized spacial score (nSPS) is 21.8. The monoisotopic (exact) mass is 269 g/mol. The van der Waals surface area contributed by atoms with Crippen LogP contribution in [0, 0.1) is 11.3 Å². The molecule has 2 N–H and O–H groups in total. The first-order valence-electron chi connectivity index (χ1n) is 6.05. The molecule has 0 aliphatic heterocycles. The van der Waals surface area contributed by atoms with E-state index >= 15 is 0 Å². The zero-order valence-electron chi connectivity index (χ0n) is 10.7. The molecule has 0 amide bonds. The largest absolute Gasteiger partial charge is 0.392 e. The number of hydrogen-bond donors (Lipinski definition) is 2. The van der Waals surface area contributed by atoms with Gasteiger partial charge in [0, 0.05) is 6.54 Å². The maximum atomic E-state index is 12.0. The minimum Gasteiger partial charge on any atom is -0.392 e. The zero-order valence-corrected chi connectivity index (χ0v) is 11.5. The number of rotatable bonds is 5. The smallest absolute Gasteiger partial charge is 0.240 e. The molecule has 1 fully saturated rings. The zero-order chi connectivity index (χ0) is 13.4. The summed E-state index contributed by atoms with van der Waals surface area (Å²) in [5, 5.41) is 8.91. The third-order valence-corrected chi connectivity index (χ3v) is 5.09. The van der Waals surface area contributed by atoms with Gasteiger partial charge in [0.05, 0.1) is 11.5 Å². The molecule has 0 aromatic heterocycles. The third-order valence-electron chi connectivity index (χ3n) is 3.65. The molecule has 1 aliphatic rings. The molecule has 1 saturated carbocycles. The highest BCUT2D eigenvalue weighted by molar-refractivity contribution is 7.89. The van der Waals surface area contributed by atoms with Gasteiger partial charge in [-0.15, -0.1) is 0 Å². The lowest BCUT2D eigenvalue weighted by atomic mass is 10.1. The molecule has 18 heavy (non-hydrogen) atoms. The maximum Gasteiger partial charge on any atom is 0.240 e. The molecule has 1 aromatic rings. The summed E-state index contributed by atoms with van der Waals surface area (Å²) >= 11 is 0. The van der Waals surface area contributed by atoms with Crippen LogP contribution in [0.5, 0.6) is 0 Å². The number of nitrogens with one attached hydrogen (secondary N) is 1. The van der Waals surface area contributed by atoms with E-state index < -0.39 is 10.0 Å². The molecular weight excluding hydrogens is 250 g/mol. The van der Waals surface area contributed by atoms with Crippen LogP contribution in [0.1, 0.15) is 25.8 Å². The molecule has 1 aromatic carbocycles. The maximum absolute atomic E-state index is 12.0. The van der Waals surface area contributed by atoms with Crippen molar-refractivity contribution in [3.63, 3.8) is 0 Å². The Morgan fingerprint density at radius 1 is 1.33 bits per heavy atom. The molecule has 0 saturated heterocycles. The van der Waals surface area contributed by atoms with Crippen LogP contribution in [0.3, 0.4) is 0 Å². The van der Waals surface area contributed by atoms with E-state index in [0.29, 0.717) is 18.0 Å². The Morgan fingerprint density at radius 3 is 2.33 bits per heavy atom. The molecule has 0 bridgehead atoms. The third kappa shape index (κ3) is 2.91. The fraction of sp³-hybridized carbons (Fsp3) is 0.538. The Bertz CT molecular complexity index is 520. The number of hydrogen-bond acceptors (Lipinski definition) is 3. The Labute approximate surface area is 108 Å². The standard InChI is InChI=1S/C13H19NO3S/c1-13(2)7-11(13)8-14-18(16,17)12-5-3-10(9-15)4-6-12/h3-6,11,14-15H,7-9H2,1-2H3. The van der Waals surface area contributed by atoms with Crippen molar-refractivity contribution in [3.05, 3.63) is 29.8 Å². The van der Waals surface area contributed by atoms with E-state index in [2.05, 4.69) is 18.6 Å². The fourth-order valence-electron chi connectivity index (χ4n) is 1.99. The van der Waals surface area contributed by atoms with Gasteiger partial charge >= 0.3 is 0 Å². The number of aliphatic hydroxyl groups is 1. The van der Waals surface area contributed by atoms with E-state index in [1.54, 1.807) is 12.1 Å². The van der Waals surface area contributed by atoms with Crippen molar-refractivity contribution in [2.45, 2.75) is 31.8 Å². The van der Waals surface area contributed by atoms with Crippen LogP contribution in [0.2, 0.25) is 0 Å². The average molecular weight is 269 g/mol. The second-order valence-electron chi connectivity index (χ2n) is 5.54. The fourth-order valence-corrected chi connectivity index (χ4v) is 3.07. The summed E-state index contributed by atoms with van der Waals surface area (Å²) < 4.78 is 26.6. The van der Waals surface area contributed by atoms with E-state index in [4.69, 9.17) is 5.11 Å². The topological polar surface area (TPSA) is 66.4 Å². The molecule has 1 aliphatic carbocycles. The summed E-state index contributed by atoms with van der Waals surface area (Å²) in [6, 6.07) is 6.28. The molecule has 0 heterocycles. The molecular formula is C13H19NO3S. The minimum atomic E-state index is -3.42.